The van der Waals surface area contributed by atoms with E-state index in [2.05, 4.69) is 25.1 Å². The number of aromatic nitrogens is 2. The second-order valence-corrected chi connectivity index (χ2v) is 8.16. The Balaban J connectivity index is 1.53. The number of methoxy groups -OCH3 is 2. The lowest BCUT2D eigenvalue weighted by Gasteiger charge is -2.36. The largest absolute Gasteiger partial charge is 0.497 e. The van der Waals surface area contributed by atoms with Gasteiger partial charge < -0.3 is 24.2 Å². The van der Waals surface area contributed by atoms with Gasteiger partial charge in [0.1, 0.15) is 11.8 Å². The Bertz CT molecular complexity index is 890. The first-order chi connectivity index (χ1) is 15.4. The van der Waals surface area contributed by atoms with Crippen molar-refractivity contribution in [2.24, 2.45) is 5.92 Å². The predicted octanol–water partition coefficient (Wildman–Crippen LogP) is 2.16. The molecule has 10 nitrogen and oxygen atoms in total. The summed E-state index contributed by atoms with van der Waals surface area (Å²) in [5, 5.41) is 6.73. The van der Waals surface area contributed by atoms with Gasteiger partial charge in [-0.05, 0) is 36.6 Å². The molecule has 1 aromatic heterocycles. The molecule has 1 aliphatic heterocycles. The molecule has 0 radical (unpaired) electrons. The highest BCUT2D eigenvalue weighted by atomic mass is 16.5. The first kappa shape index (κ1) is 23.5. The molecule has 1 atom stereocenters. The van der Waals surface area contributed by atoms with Crippen molar-refractivity contribution in [1.82, 2.24) is 25.3 Å². The zero-order valence-corrected chi connectivity index (χ0v) is 19.0. The van der Waals surface area contributed by atoms with Gasteiger partial charge in [0.15, 0.2) is 0 Å². The van der Waals surface area contributed by atoms with Crippen LogP contribution in [0.3, 0.4) is 0 Å². The monoisotopic (exact) mass is 445 g/mol. The van der Waals surface area contributed by atoms with Crippen LogP contribution in [-0.4, -0.2) is 78.4 Å². The van der Waals surface area contributed by atoms with Crippen LogP contribution in [0, 0.1) is 5.92 Å². The third-order valence-electron chi connectivity index (χ3n) is 5.34. The topological polar surface area (TPSA) is 110 Å². The van der Waals surface area contributed by atoms with E-state index in [0.29, 0.717) is 50.9 Å². The number of carbonyl (C=O) groups is 2. The number of nitrogens with one attached hydrogen (secondary N) is 1. The molecule has 1 N–H and O–H groups in total. The van der Waals surface area contributed by atoms with Crippen LogP contribution in [0.4, 0.5) is 4.79 Å². The average Bonchev–Trinajstić information content (AvgIpc) is 3.26. The first-order valence-corrected chi connectivity index (χ1v) is 10.7. The van der Waals surface area contributed by atoms with Crippen LogP contribution < -0.4 is 10.1 Å². The lowest BCUT2D eigenvalue weighted by Crippen LogP contribution is -2.55. The highest BCUT2D eigenvalue weighted by Crippen LogP contribution is 2.20. The van der Waals surface area contributed by atoms with Gasteiger partial charge in [-0.3, -0.25) is 9.69 Å². The third kappa shape index (κ3) is 6.19. The minimum absolute atomic E-state index is 0.0802. The van der Waals surface area contributed by atoms with E-state index in [4.69, 9.17) is 9.26 Å². The number of benzene rings is 1. The maximum absolute atomic E-state index is 12.9. The Morgan fingerprint density at radius 2 is 1.81 bits per heavy atom. The maximum atomic E-state index is 12.9. The van der Waals surface area contributed by atoms with E-state index >= 15 is 0 Å². The van der Waals surface area contributed by atoms with Gasteiger partial charge in [0, 0.05) is 31.7 Å². The van der Waals surface area contributed by atoms with Gasteiger partial charge in [0.2, 0.25) is 17.6 Å². The number of hydrogen-bond donors (Lipinski definition) is 1. The van der Waals surface area contributed by atoms with Crippen molar-refractivity contribution in [1.29, 1.82) is 0 Å². The fraction of sp³-hybridized carbons (Fsp3) is 0.545. The number of alkyl carbamates (subject to hydrolysis) is 1. The molecule has 2 heterocycles. The molecule has 1 aromatic carbocycles. The molecule has 174 valence electrons. The minimum Gasteiger partial charge on any atom is -0.497 e. The number of ether oxygens (including phenoxy) is 2. The molecule has 2 aromatic rings. The predicted molar refractivity (Wildman–Crippen MR) is 117 cm³/mol. The van der Waals surface area contributed by atoms with Crippen molar-refractivity contribution < 1.29 is 23.6 Å². The Morgan fingerprint density at radius 3 is 2.41 bits per heavy atom. The van der Waals surface area contributed by atoms with Crippen molar-refractivity contribution in [2.75, 3.05) is 40.4 Å². The molecule has 1 fully saturated rings. The molecule has 3 rings (SSSR count). The van der Waals surface area contributed by atoms with Crippen LogP contribution in [0.1, 0.15) is 26.2 Å². The first-order valence-electron chi connectivity index (χ1n) is 10.7. The smallest absolute Gasteiger partial charge is 0.407 e. The maximum Gasteiger partial charge on any atom is 0.407 e. The Kier molecular flexibility index (Phi) is 8.04. The van der Waals surface area contributed by atoms with Crippen molar-refractivity contribution in [3.8, 4) is 17.1 Å². The normalized spacial score (nSPS) is 15.5. The average molecular weight is 446 g/mol. The summed E-state index contributed by atoms with van der Waals surface area (Å²) in [5.41, 5.74) is 0.852. The summed E-state index contributed by atoms with van der Waals surface area (Å²) < 4.78 is 15.3. The second kappa shape index (κ2) is 10.9. The summed E-state index contributed by atoms with van der Waals surface area (Å²) >= 11 is 0. The van der Waals surface area contributed by atoms with E-state index in [9.17, 15) is 9.59 Å². The van der Waals surface area contributed by atoms with Crippen molar-refractivity contribution in [3.05, 3.63) is 30.2 Å². The van der Waals surface area contributed by atoms with E-state index in [1.54, 1.807) is 12.0 Å². The molecule has 2 amide bonds. The summed E-state index contributed by atoms with van der Waals surface area (Å²) in [6.45, 7) is 7.04. The van der Waals surface area contributed by atoms with E-state index in [0.717, 1.165) is 11.3 Å². The van der Waals surface area contributed by atoms with E-state index in [-0.39, 0.29) is 11.8 Å². The molecule has 1 unspecified atom stereocenters. The Labute approximate surface area is 187 Å². The number of piperazine rings is 1. The zero-order valence-electron chi connectivity index (χ0n) is 19.0. The van der Waals surface area contributed by atoms with Gasteiger partial charge in [-0.25, -0.2) is 4.79 Å². The number of rotatable bonds is 8. The molecule has 0 saturated carbocycles. The highest BCUT2D eigenvalue weighted by Gasteiger charge is 2.30. The van der Waals surface area contributed by atoms with Crippen LogP contribution in [-0.2, 0) is 16.1 Å². The molecule has 1 aliphatic rings. The van der Waals surface area contributed by atoms with Gasteiger partial charge in [-0.1, -0.05) is 19.0 Å². The van der Waals surface area contributed by atoms with Crippen LogP contribution in [0.2, 0.25) is 0 Å². The summed E-state index contributed by atoms with van der Waals surface area (Å²) in [4.78, 5) is 33.0. The van der Waals surface area contributed by atoms with Gasteiger partial charge in [0.25, 0.3) is 0 Å². The highest BCUT2D eigenvalue weighted by molar-refractivity contribution is 5.85. The fourth-order valence-corrected chi connectivity index (χ4v) is 3.61. The van der Waals surface area contributed by atoms with E-state index in [1.807, 2.05) is 38.1 Å². The summed E-state index contributed by atoms with van der Waals surface area (Å²) in [7, 11) is 2.91. The SMILES string of the molecule is COC(=O)NC(CC(C)C)C(=O)N1CCN(Cc2nc(-c3ccc(OC)cc3)no2)CC1. The third-order valence-corrected chi connectivity index (χ3v) is 5.34. The Hall–Kier alpha value is -3.14. The minimum atomic E-state index is -0.591. The molecule has 10 heteroatoms. The number of carbonyl (C=O) groups excluding carboxylic acids is 2. The molecule has 0 bridgehead atoms. The van der Waals surface area contributed by atoms with E-state index in [1.165, 1.54) is 7.11 Å². The van der Waals surface area contributed by atoms with E-state index < -0.39 is 12.1 Å². The molecular formula is C22H31N5O5. The summed E-state index contributed by atoms with van der Waals surface area (Å²) in [6, 6.07) is 6.88. The fourth-order valence-electron chi connectivity index (χ4n) is 3.61. The molecular weight excluding hydrogens is 414 g/mol. The van der Waals surface area contributed by atoms with Crippen LogP contribution in [0.15, 0.2) is 28.8 Å². The molecule has 0 spiro atoms. The lowest BCUT2D eigenvalue weighted by molar-refractivity contribution is -0.135. The summed E-state index contributed by atoms with van der Waals surface area (Å²) in [5.74, 6) is 2.01. The number of amides is 2. The van der Waals surface area contributed by atoms with Gasteiger partial charge in [0.05, 0.1) is 20.8 Å². The van der Waals surface area contributed by atoms with Crippen LogP contribution in [0.5, 0.6) is 5.75 Å². The molecule has 32 heavy (non-hydrogen) atoms. The number of nitrogens with zero attached hydrogens (tertiary/aromatic N) is 4. The quantitative estimate of drug-likeness (QED) is 0.658. The van der Waals surface area contributed by atoms with Crippen LogP contribution >= 0.6 is 0 Å². The van der Waals surface area contributed by atoms with Crippen LogP contribution in [0.25, 0.3) is 11.4 Å². The van der Waals surface area contributed by atoms with Gasteiger partial charge >= 0.3 is 6.09 Å². The Morgan fingerprint density at radius 1 is 1.12 bits per heavy atom. The second-order valence-electron chi connectivity index (χ2n) is 8.16. The van der Waals surface area contributed by atoms with Crippen molar-refractivity contribution in [2.45, 2.75) is 32.9 Å². The standard InChI is InChI=1S/C22H31N5O5/c1-15(2)13-18(23-22(29)31-4)21(28)27-11-9-26(10-12-27)14-19-24-20(25-32-19)16-5-7-17(30-3)8-6-16/h5-8,15,18H,9-14H2,1-4H3,(H,23,29). The molecule has 1 saturated heterocycles. The van der Waals surface area contributed by atoms with Gasteiger partial charge in [-0.15, -0.1) is 0 Å². The zero-order chi connectivity index (χ0) is 23.1. The van der Waals surface area contributed by atoms with Crippen molar-refractivity contribution in [3.63, 3.8) is 0 Å². The lowest BCUT2D eigenvalue weighted by atomic mass is 10.0. The van der Waals surface area contributed by atoms with Gasteiger partial charge in [-0.2, -0.15) is 4.98 Å². The van der Waals surface area contributed by atoms with Crippen molar-refractivity contribution >= 4 is 12.0 Å². The summed E-state index contributed by atoms with van der Waals surface area (Å²) in [6.07, 6.45) is -0.0312. The molecule has 0 aliphatic carbocycles. The number of hydrogen-bond acceptors (Lipinski definition) is 8.